The van der Waals surface area contributed by atoms with E-state index in [-0.39, 0.29) is 19.2 Å². The van der Waals surface area contributed by atoms with E-state index in [0.717, 1.165) is 57.8 Å². The zero-order valence-electron chi connectivity index (χ0n) is 21.0. The molecule has 0 spiro atoms. The highest BCUT2D eigenvalue weighted by molar-refractivity contribution is 5.68. The topological polar surface area (TPSA) is 126 Å². The van der Waals surface area contributed by atoms with E-state index >= 15 is 0 Å². The first-order chi connectivity index (χ1) is 16.0. The van der Waals surface area contributed by atoms with Crippen molar-refractivity contribution in [2.24, 2.45) is 0 Å². The van der Waals surface area contributed by atoms with Gasteiger partial charge >= 0.3 is 5.97 Å². The van der Waals surface area contributed by atoms with Gasteiger partial charge in [-0.05, 0) is 32.1 Å². The number of hydrogen-bond donors (Lipinski definition) is 4. The fourth-order valence-electron chi connectivity index (χ4n) is 3.76. The molecule has 33 heavy (non-hydrogen) atoms. The summed E-state index contributed by atoms with van der Waals surface area (Å²) in [6, 6.07) is 0. The van der Waals surface area contributed by atoms with Gasteiger partial charge in [-0.2, -0.15) is 0 Å². The van der Waals surface area contributed by atoms with Gasteiger partial charge in [0.15, 0.2) is 0 Å². The highest BCUT2D eigenvalue weighted by Gasteiger charge is 2.33. The van der Waals surface area contributed by atoms with Crippen molar-refractivity contribution >= 4 is 5.97 Å². The number of hydrogen-bond acceptors (Lipinski definition) is 8. The lowest BCUT2D eigenvalue weighted by Gasteiger charge is -2.32. The minimum atomic E-state index is -1.09. The average molecular weight is 479 g/mol. The lowest BCUT2D eigenvalue weighted by Crippen LogP contribution is -2.46. The average Bonchev–Trinajstić information content (AvgIpc) is 2.82. The minimum Gasteiger partial charge on any atom is -0.469 e. The molecule has 0 radical (unpaired) electrons. The predicted molar refractivity (Wildman–Crippen MR) is 128 cm³/mol. The first-order valence-corrected chi connectivity index (χ1v) is 12.9. The molecule has 0 rings (SSSR count). The summed E-state index contributed by atoms with van der Waals surface area (Å²) in [5.41, 5.74) is 0. The lowest BCUT2D eigenvalue weighted by molar-refractivity contribution is -0.142. The number of esters is 1. The second-order valence-corrected chi connectivity index (χ2v) is 8.69. The molecule has 0 heterocycles. The number of aliphatic hydroxyl groups excluding tert-OH is 4. The standard InChI is InChI=1S/C25H50O8/c1-3-4-5-9-14-21(32-19-12-17-26)24(29)25(30)22(33-20-13-18-27)15-10-7-6-8-11-16-23(28)31-2/h21-22,24-27,29-30H,3-20H2,1-2H3. The van der Waals surface area contributed by atoms with E-state index < -0.39 is 24.4 Å². The Morgan fingerprint density at radius 1 is 0.697 bits per heavy atom. The summed E-state index contributed by atoms with van der Waals surface area (Å²) in [5.74, 6) is -0.185. The second kappa shape index (κ2) is 23.0. The van der Waals surface area contributed by atoms with Crippen molar-refractivity contribution in [3.63, 3.8) is 0 Å². The fraction of sp³-hybridized carbons (Fsp3) is 0.960. The number of ether oxygens (including phenoxy) is 3. The Bertz CT molecular complexity index is 435. The summed E-state index contributed by atoms with van der Waals surface area (Å²) < 4.78 is 16.3. The molecular weight excluding hydrogens is 428 g/mol. The molecule has 0 aromatic carbocycles. The van der Waals surface area contributed by atoms with Crippen LogP contribution in [0.3, 0.4) is 0 Å². The van der Waals surface area contributed by atoms with Crippen molar-refractivity contribution in [1.82, 2.24) is 0 Å². The van der Waals surface area contributed by atoms with Crippen LogP contribution >= 0.6 is 0 Å². The molecule has 0 aromatic rings. The van der Waals surface area contributed by atoms with Crippen molar-refractivity contribution in [3.8, 4) is 0 Å². The Balaban J connectivity index is 4.70. The third-order valence-electron chi connectivity index (χ3n) is 5.82. The molecule has 0 bridgehead atoms. The van der Waals surface area contributed by atoms with Gasteiger partial charge < -0.3 is 34.6 Å². The summed E-state index contributed by atoms with van der Waals surface area (Å²) in [7, 11) is 1.40. The van der Waals surface area contributed by atoms with Crippen LogP contribution in [0, 0.1) is 0 Å². The van der Waals surface area contributed by atoms with E-state index in [9.17, 15) is 15.0 Å². The predicted octanol–water partition coefficient (Wildman–Crippen LogP) is 3.12. The molecule has 198 valence electrons. The van der Waals surface area contributed by atoms with Crippen LogP contribution in [-0.2, 0) is 19.0 Å². The normalized spacial score (nSPS) is 15.2. The van der Waals surface area contributed by atoms with Crippen LogP contribution in [0.2, 0.25) is 0 Å². The molecule has 0 aliphatic rings. The van der Waals surface area contributed by atoms with Crippen molar-refractivity contribution in [2.75, 3.05) is 33.5 Å². The number of carbonyl (C=O) groups excluding carboxylic acids is 1. The third-order valence-corrected chi connectivity index (χ3v) is 5.82. The Labute approximate surface area is 200 Å². The van der Waals surface area contributed by atoms with Crippen molar-refractivity contribution in [2.45, 2.75) is 121 Å². The van der Waals surface area contributed by atoms with E-state index in [0.29, 0.717) is 45.3 Å². The van der Waals surface area contributed by atoms with Crippen LogP contribution in [0.4, 0.5) is 0 Å². The highest BCUT2D eigenvalue weighted by Crippen LogP contribution is 2.21. The fourth-order valence-corrected chi connectivity index (χ4v) is 3.76. The first kappa shape index (κ1) is 32.2. The quantitative estimate of drug-likeness (QED) is 0.123. The number of unbranched alkanes of at least 4 members (excludes halogenated alkanes) is 7. The molecule has 0 saturated carbocycles. The molecule has 0 aliphatic heterocycles. The van der Waals surface area contributed by atoms with Crippen LogP contribution < -0.4 is 0 Å². The molecule has 0 amide bonds. The smallest absolute Gasteiger partial charge is 0.305 e. The zero-order chi connectivity index (χ0) is 24.7. The summed E-state index contributed by atoms with van der Waals surface area (Å²) in [4.78, 5) is 11.2. The van der Waals surface area contributed by atoms with Crippen LogP contribution in [0.5, 0.6) is 0 Å². The van der Waals surface area contributed by atoms with Crippen LogP contribution in [0.15, 0.2) is 0 Å². The molecule has 4 N–H and O–H groups in total. The molecule has 4 atom stereocenters. The van der Waals surface area contributed by atoms with Crippen molar-refractivity contribution in [1.29, 1.82) is 0 Å². The Hall–Kier alpha value is -0.770. The number of aliphatic hydroxyl groups is 4. The van der Waals surface area contributed by atoms with Gasteiger partial charge in [-0.3, -0.25) is 4.79 Å². The van der Waals surface area contributed by atoms with Crippen molar-refractivity contribution in [3.05, 3.63) is 0 Å². The molecule has 0 aliphatic carbocycles. The summed E-state index contributed by atoms with van der Waals surface area (Å²) in [5, 5.41) is 39.9. The third kappa shape index (κ3) is 17.3. The maximum absolute atomic E-state index is 11.2. The van der Waals surface area contributed by atoms with Crippen LogP contribution in [-0.4, -0.2) is 84.3 Å². The maximum Gasteiger partial charge on any atom is 0.305 e. The maximum atomic E-state index is 11.2. The molecule has 0 saturated heterocycles. The Kier molecular flexibility index (Phi) is 22.5. The van der Waals surface area contributed by atoms with Gasteiger partial charge in [0, 0.05) is 32.8 Å². The summed E-state index contributed by atoms with van der Waals surface area (Å²) in [6.07, 6.45) is 8.10. The lowest BCUT2D eigenvalue weighted by atomic mass is 9.95. The minimum absolute atomic E-state index is 0.00981. The van der Waals surface area contributed by atoms with Gasteiger partial charge in [0.2, 0.25) is 0 Å². The van der Waals surface area contributed by atoms with Crippen molar-refractivity contribution < 1.29 is 39.4 Å². The molecule has 0 fully saturated rings. The van der Waals surface area contributed by atoms with Gasteiger partial charge in [0.1, 0.15) is 12.2 Å². The molecule has 8 nitrogen and oxygen atoms in total. The molecule has 8 heteroatoms. The molecular formula is C25H50O8. The van der Waals surface area contributed by atoms with E-state index in [1.54, 1.807) is 0 Å². The number of rotatable bonds is 24. The Morgan fingerprint density at radius 2 is 1.15 bits per heavy atom. The SMILES string of the molecule is CCCCCCC(OCCCO)C(O)C(O)C(CCCCCCCC(=O)OC)OCCCO. The Morgan fingerprint density at radius 3 is 1.61 bits per heavy atom. The highest BCUT2D eigenvalue weighted by atomic mass is 16.5. The van der Waals surface area contributed by atoms with Gasteiger partial charge in [0.05, 0.1) is 19.3 Å². The van der Waals surface area contributed by atoms with Gasteiger partial charge in [-0.25, -0.2) is 0 Å². The molecule has 0 aromatic heterocycles. The van der Waals surface area contributed by atoms with E-state index in [4.69, 9.17) is 19.7 Å². The number of methoxy groups -OCH3 is 1. The monoisotopic (exact) mass is 478 g/mol. The summed E-state index contributed by atoms with van der Waals surface area (Å²) in [6.45, 7) is 2.82. The second-order valence-electron chi connectivity index (χ2n) is 8.69. The van der Waals surface area contributed by atoms with E-state index in [1.165, 1.54) is 7.11 Å². The summed E-state index contributed by atoms with van der Waals surface area (Å²) >= 11 is 0. The van der Waals surface area contributed by atoms with Gasteiger partial charge in [0.25, 0.3) is 0 Å². The van der Waals surface area contributed by atoms with Crippen LogP contribution in [0.25, 0.3) is 0 Å². The molecule has 4 unspecified atom stereocenters. The van der Waals surface area contributed by atoms with Gasteiger partial charge in [-0.15, -0.1) is 0 Å². The first-order valence-electron chi connectivity index (χ1n) is 12.9. The van der Waals surface area contributed by atoms with Gasteiger partial charge in [-0.1, -0.05) is 58.3 Å². The van der Waals surface area contributed by atoms with E-state index in [1.807, 2.05) is 0 Å². The number of carbonyl (C=O) groups is 1. The van der Waals surface area contributed by atoms with Crippen LogP contribution in [0.1, 0.15) is 96.8 Å². The zero-order valence-corrected chi connectivity index (χ0v) is 21.0. The largest absolute Gasteiger partial charge is 0.469 e. The van der Waals surface area contributed by atoms with E-state index in [2.05, 4.69) is 11.7 Å².